The van der Waals surface area contributed by atoms with Gasteiger partial charge in [-0.25, -0.2) is 9.59 Å². The number of aryl methyl sites for hydroxylation is 1. The number of benzene rings is 3. The van der Waals surface area contributed by atoms with E-state index in [1.54, 1.807) is 55.6 Å². The zero-order valence-electron chi connectivity index (χ0n) is 30.9. The van der Waals surface area contributed by atoms with Gasteiger partial charge in [-0.2, -0.15) is 0 Å². The zero-order valence-corrected chi connectivity index (χ0v) is 30.9. The van der Waals surface area contributed by atoms with Crippen LogP contribution in [0.3, 0.4) is 0 Å². The first kappa shape index (κ1) is 38.2. The monoisotopic (exact) mass is 706 g/mol. The summed E-state index contributed by atoms with van der Waals surface area (Å²) in [4.78, 5) is 67.3. The lowest BCUT2D eigenvalue weighted by Gasteiger charge is -2.25. The predicted molar refractivity (Wildman–Crippen MR) is 205 cm³/mol. The van der Waals surface area contributed by atoms with Crippen LogP contribution >= 0.6 is 0 Å². The second kappa shape index (κ2) is 17.9. The van der Waals surface area contributed by atoms with Crippen LogP contribution in [0.4, 0.5) is 11.4 Å². The maximum absolute atomic E-state index is 14.2. The molecule has 1 aliphatic carbocycles. The molecule has 0 amide bonds. The maximum atomic E-state index is 14.2. The Kier molecular flexibility index (Phi) is 13.2. The summed E-state index contributed by atoms with van der Waals surface area (Å²) in [5.41, 5.74) is 2.79. The van der Waals surface area contributed by atoms with Crippen LogP contribution in [0.1, 0.15) is 145 Å². The number of unbranched alkanes of at least 4 members (excludes halogenated alkanes) is 10. The lowest BCUT2D eigenvalue weighted by atomic mass is 9.80. The molecule has 0 saturated carbocycles. The Bertz CT molecular complexity index is 1980. The number of ether oxygens (including phenoxy) is 2. The summed E-state index contributed by atoms with van der Waals surface area (Å²) in [7, 11) is 1.58. The SMILES string of the molecule is CCCCCCCCOC(=O)c1cc(Nc2ccc3c4c2C(=O)c2ccccc2-c4c(C(C)=O)c(=O)n3C)cc(C(=O)OCCCCCCCC)c1. The first-order valence-electron chi connectivity index (χ1n) is 18.8. The molecule has 1 aliphatic rings. The highest BCUT2D eigenvalue weighted by atomic mass is 16.5. The van der Waals surface area contributed by atoms with Crippen molar-refractivity contribution in [2.45, 2.75) is 97.8 Å². The number of nitrogens with zero attached hydrogens (tertiary/aromatic N) is 1. The van der Waals surface area contributed by atoms with Crippen LogP contribution < -0.4 is 10.9 Å². The molecule has 1 heterocycles. The average Bonchev–Trinajstić information content (AvgIpc) is 3.14. The Morgan fingerprint density at radius 1 is 0.673 bits per heavy atom. The standard InChI is InChI=1S/C43H50N2O7/c1-5-7-9-11-13-17-23-51-42(49)29-25-30(43(50)52-24-18-14-12-10-8-6-2)27-31(26-29)44-34-21-22-35-39-37(36(28(3)46)41(48)45(35)4)32-19-15-16-20-33(32)40(47)38(34)39/h15-16,19-22,25-27,44H,5-14,17-18,23-24H2,1-4H3. The molecule has 0 spiro atoms. The number of anilines is 2. The molecular weight excluding hydrogens is 656 g/mol. The number of fused-ring (bicyclic) bond motifs is 2. The molecule has 4 aromatic rings. The third-order valence-corrected chi connectivity index (χ3v) is 9.73. The first-order chi connectivity index (χ1) is 25.2. The Morgan fingerprint density at radius 2 is 1.21 bits per heavy atom. The smallest absolute Gasteiger partial charge is 0.338 e. The van der Waals surface area contributed by atoms with Crippen LogP contribution in [0.25, 0.3) is 22.0 Å². The quantitative estimate of drug-likeness (QED) is 0.0512. The highest BCUT2D eigenvalue weighted by Crippen LogP contribution is 2.43. The molecule has 0 atom stereocenters. The molecule has 1 aromatic heterocycles. The molecule has 0 fully saturated rings. The molecule has 9 nitrogen and oxygen atoms in total. The number of esters is 2. The van der Waals surface area contributed by atoms with Crippen molar-refractivity contribution in [3.05, 3.63) is 92.8 Å². The van der Waals surface area contributed by atoms with Gasteiger partial charge in [0.1, 0.15) is 0 Å². The van der Waals surface area contributed by atoms with Crippen molar-refractivity contribution in [3.63, 3.8) is 0 Å². The van der Waals surface area contributed by atoms with Crippen LogP contribution in [-0.4, -0.2) is 41.3 Å². The number of nitrogens with one attached hydrogen (secondary N) is 1. The van der Waals surface area contributed by atoms with Crippen LogP contribution in [0.5, 0.6) is 0 Å². The van der Waals surface area contributed by atoms with Gasteiger partial charge in [0.05, 0.1) is 46.7 Å². The van der Waals surface area contributed by atoms with E-state index in [-0.39, 0.29) is 41.3 Å². The molecule has 3 aromatic carbocycles. The summed E-state index contributed by atoms with van der Waals surface area (Å²) in [5, 5.41) is 3.78. The van der Waals surface area contributed by atoms with Crippen LogP contribution in [0.2, 0.25) is 0 Å². The normalized spacial score (nSPS) is 11.7. The summed E-state index contributed by atoms with van der Waals surface area (Å²) < 4.78 is 12.6. The number of ketones is 2. The summed E-state index contributed by atoms with van der Waals surface area (Å²) in [5.74, 6) is -1.80. The van der Waals surface area contributed by atoms with E-state index < -0.39 is 23.3 Å². The molecule has 9 heteroatoms. The minimum Gasteiger partial charge on any atom is -0.462 e. The summed E-state index contributed by atoms with van der Waals surface area (Å²) >= 11 is 0. The van der Waals surface area contributed by atoms with Gasteiger partial charge in [-0.05, 0) is 55.7 Å². The van der Waals surface area contributed by atoms with Crippen LogP contribution in [0.15, 0.2) is 59.4 Å². The van der Waals surface area contributed by atoms with E-state index in [2.05, 4.69) is 19.2 Å². The molecular formula is C43H50N2O7. The third-order valence-electron chi connectivity index (χ3n) is 9.73. The molecule has 0 bridgehead atoms. The summed E-state index contributed by atoms with van der Waals surface area (Å²) in [6, 6.07) is 15.0. The van der Waals surface area contributed by atoms with Crippen molar-refractivity contribution >= 4 is 45.8 Å². The number of hydrogen-bond donors (Lipinski definition) is 1. The van der Waals surface area contributed by atoms with Crippen molar-refractivity contribution in [1.29, 1.82) is 0 Å². The first-order valence-corrected chi connectivity index (χ1v) is 18.8. The van der Waals surface area contributed by atoms with E-state index in [1.165, 1.54) is 30.4 Å². The van der Waals surface area contributed by atoms with Crippen LogP contribution in [0, 0.1) is 0 Å². The third kappa shape index (κ3) is 8.52. The maximum Gasteiger partial charge on any atom is 0.338 e. The Labute approximate surface area is 305 Å². The number of pyridine rings is 1. The van der Waals surface area contributed by atoms with Gasteiger partial charge in [0, 0.05) is 29.2 Å². The molecule has 52 heavy (non-hydrogen) atoms. The minimum atomic E-state index is -0.560. The number of carbonyl (C=O) groups excluding carboxylic acids is 4. The van der Waals surface area contributed by atoms with Crippen molar-refractivity contribution in [3.8, 4) is 11.1 Å². The zero-order chi connectivity index (χ0) is 37.2. The molecule has 274 valence electrons. The predicted octanol–water partition coefficient (Wildman–Crippen LogP) is 9.73. The average molecular weight is 707 g/mol. The van der Waals surface area contributed by atoms with E-state index >= 15 is 0 Å². The highest BCUT2D eigenvalue weighted by molar-refractivity contribution is 6.30. The lowest BCUT2D eigenvalue weighted by molar-refractivity contribution is 0.0495. The van der Waals surface area contributed by atoms with Gasteiger partial charge in [0.2, 0.25) is 0 Å². The molecule has 0 unspecified atom stereocenters. The fourth-order valence-electron chi connectivity index (χ4n) is 6.96. The fourth-order valence-corrected chi connectivity index (χ4v) is 6.96. The second-order valence-electron chi connectivity index (χ2n) is 13.7. The van der Waals surface area contributed by atoms with Crippen LogP contribution in [-0.2, 0) is 16.5 Å². The van der Waals surface area contributed by atoms with E-state index in [4.69, 9.17) is 9.47 Å². The van der Waals surface area contributed by atoms with Crippen molar-refractivity contribution < 1.29 is 28.7 Å². The van der Waals surface area contributed by atoms with Gasteiger partial charge < -0.3 is 19.4 Å². The van der Waals surface area contributed by atoms with Crippen molar-refractivity contribution in [2.24, 2.45) is 7.05 Å². The highest BCUT2D eigenvalue weighted by Gasteiger charge is 2.33. The topological polar surface area (TPSA) is 121 Å². The van der Waals surface area contributed by atoms with Crippen molar-refractivity contribution in [1.82, 2.24) is 4.57 Å². The Hall–Kier alpha value is -5.05. The molecule has 0 saturated heterocycles. The summed E-state index contributed by atoms with van der Waals surface area (Å²) in [6.07, 6.45) is 12.6. The molecule has 0 radical (unpaired) electrons. The number of rotatable bonds is 19. The van der Waals surface area contributed by atoms with E-state index in [0.717, 1.165) is 64.2 Å². The van der Waals surface area contributed by atoms with Gasteiger partial charge >= 0.3 is 11.9 Å². The van der Waals surface area contributed by atoms with E-state index in [0.29, 0.717) is 39.0 Å². The fraction of sp³-hybridized carbons (Fsp3) is 0.419. The second-order valence-corrected chi connectivity index (χ2v) is 13.7. The van der Waals surface area contributed by atoms with Gasteiger partial charge in [-0.1, -0.05) is 102 Å². The Balaban J connectivity index is 1.50. The number of aromatic nitrogens is 1. The molecule has 1 N–H and O–H groups in total. The lowest BCUT2D eigenvalue weighted by Crippen LogP contribution is -2.27. The number of carbonyl (C=O) groups is 4. The molecule has 5 rings (SSSR count). The Morgan fingerprint density at radius 3 is 1.77 bits per heavy atom. The van der Waals surface area contributed by atoms with Gasteiger partial charge in [-0.3, -0.25) is 14.4 Å². The van der Waals surface area contributed by atoms with Gasteiger partial charge in [-0.15, -0.1) is 0 Å². The van der Waals surface area contributed by atoms with Gasteiger partial charge in [0.15, 0.2) is 11.6 Å². The number of Topliss-reactive ketones (excluding diaryl/α,β-unsaturated/α-hetero) is 1. The largest absolute Gasteiger partial charge is 0.462 e. The van der Waals surface area contributed by atoms with Crippen molar-refractivity contribution in [2.75, 3.05) is 18.5 Å². The van der Waals surface area contributed by atoms with Gasteiger partial charge in [0.25, 0.3) is 5.56 Å². The van der Waals surface area contributed by atoms with E-state index in [1.807, 2.05) is 0 Å². The number of hydrogen-bond acceptors (Lipinski definition) is 8. The molecule has 0 aliphatic heterocycles. The minimum absolute atomic E-state index is 0.0128. The van der Waals surface area contributed by atoms with E-state index in [9.17, 15) is 24.0 Å². The summed E-state index contributed by atoms with van der Waals surface area (Å²) in [6.45, 7) is 6.22.